The van der Waals surface area contributed by atoms with Crippen molar-refractivity contribution in [1.82, 2.24) is 10.6 Å². The molecule has 2 amide bonds. The van der Waals surface area contributed by atoms with Crippen LogP contribution in [0.5, 0.6) is 0 Å². The Balaban J connectivity index is 1.51. The Labute approximate surface area is 167 Å². The molecule has 0 bridgehead atoms. The Morgan fingerprint density at radius 3 is 2.68 bits per heavy atom. The van der Waals surface area contributed by atoms with Gasteiger partial charge in [0.2, 0.25) is 11.8 Å². The van der Waals surface area contributed by atoms with Crippen LogP contribution in [0.4, 0.5) is 0 Å². The molecule has 28 heavy (non-hydrogen) atoms. The van der Waals surface area contributed by atoms with E-state index in [2.05, 4.69) is 17.6 Å². The number of sulfone groups is 1. The largest absolute Gasteiger partial charge is 0.353 e. The van der Waals surface area contributed by atoms with Crippen LogP contribution in [-0.2, 0) is 19.4 Å². The number of piperidine rings is 1. The zero-order valence-electron chi connectivity index (χ0n) is 16.4. The van der Waals surface area contributed by atoms with Crippen molar-refractivity contribution >= 4 is 21.7 Å². The van der Waals surface area contributed by atoms with Crippen LogP contribution in [0.3, 0.4) is 0 Å². The maximum atomic E-state index is 12.3. The summed E-state index contributed by atoms with van der Waals surface area (Å²) in [5, 5.41) is 6.08. The Kier molecular flexibility index (Phi) is 6.75. The average Bonchev–Trinajstić information content (AvgIpc) is 2.67. The summed E-state index contributed by atoms with van der Waals surface area (Å²) in [6.07, 6.45) is 5.32. The smallest absolute Gasteiger partial charge is 0.221 e. The van der Waals surface area contributed by atoms with Gasteiger partial charge >= 0.3 is 0 Å². The van der Waals surface area contributed by atoms with Crippen LogP contribution in [0.2, 0.25) is 0 Å². The van der Waals surface area contributed by atoms with E-state index in [9.17, 15) is 18.0 Å². The van der Waals surface area contributed by atoms with E-state index in [1.807, 2.05) is 0 Å². The zero-order chi connectivity index (χ0) is 20.1. The number of nitrogens with one attached hydrogen (secondary N) is 2. The number of hydrogen-bond acceptors (Lipinski definition) is 4. The third-order valence-corrected chi connectivity index (χ3v) is 7.76. The molecule has 2 fully saturated rings. The zero-order valence-corrected chi connectivity index (χ0v) is 17.2. The second-order valence-electron chi connectivity index (χ2n) is 8.05. The van der Waals surface area contributed by atoms with E-state index < -0.39 is 9.84 Å². The quantitative estimate of drug-likeness (QED) is 0.727. The summed E-state index contributed by atoms with van der Waals surface area (Å²) in [4.78, 5) is 24.6. The van der Waals surface area contributed by atoms with Crippen LogP contribution in [0.15, 0.2) is 35.2 Å². The first-order chi connectivity index (χ1) is 13.4. The number of fused-ring (bicyclic) bond motifs is 1. The Bertz CT molecular complexity index is 794. The van der Waals surface area contributed by atoms with Gasteiger partial charge in [-0.25, -0.2) is 8.42 Å². The number of benzene rings is 1. The maximum Gasteiger partial charge on any atom is 0.221 e. The highest BCUT2D eigenvalue weighted by molar-refractivity contribution is 7.91. The first kappa shape index (κ1) is 20.8. The normalized spacial score (nSPS) is 27.5. The van der Waals surface area contributed by atoms with E-state index in [1.165, 1.54) is 0 Å². The molecule has 0 spiro atoms. The Hall–Kier alpha value is -1.89. The number of rotatable bonds is 7. The lowest BCUT2D eigenvalue weighted by Gasteiger charge is -2.44. The first-order valence-electron chi connectivity index (χ1n) is 10.3. The molecule has 0 radical (unpaired) electrons. The molecule has 1 aromatic carbocycles. The van der Waals surface area contributed by atoms with Gasteiger partial charge in [0.05, 0.1) is 10.6 Å². The summed E-state index contributed by atoms with van der Waals surface area (Å²) >= 11 is 0. The first-order valence-corrected chi connectivity index (χ1v) is 11.9. The van der Waals surface area contributed by atoms with Crippen LogP contribution >= 0.6 is 0 Å². The topological polar surface area (TPSA) is 92.3 Å². The van der Waals surface area contributed by atoms with E-state index in [1.54, 1.807) is 30.3 Å². The van der Waals surface area contributed by atoms with Crippen molar-refractivity contribution in [2.75, 3.05) is 5.75 Å². The summed E-state index contributed by atoms with van der Waals surface area (Å²) in [5.41, 5.74) is 0. The van der Waals surface area contributed by atoms with Gasteiger partial charge in [-0.15, -0.1) is 0 Å². The predicted molar refractivity (Wildman–Crippen MR) is 107 cm³/mol. The fourth-order valence-corrected chi connectivity index (χ4v) is 5.93. The summed E-state index contributed by atoms with van der Waals surface area (Å²) in [6.45, 7) is 2.15. The average molecular weight is 407 g/mol. The molecule has 6 nitrogen and oxygen atoms in total. The van der Waals surface area contributed by atoms with Gasteiger partial charge in [-0.3, -0.25) is 9.59 Å². The molecule has 1 saturated heterocycles. The molecule has 0 aromatic heterocycles. The number of amides is 2. The van der Waals surface area contributed by atoms with Crippen molar-refractivity contribution in [3.05, 3.63) is 30.3 Å². The Morgan fingerprint density at radius 2 is 1.96 bits per heavy atom. The van der Waals surface area contributed by atoms with Crippen molar-refractivity contribution in [2.45, 2.75) is 68.8 Å². The number of carbonyl (C=O) groups excluding carboxylic acids is 2. The van der Waals surface area contributed by atoms with Crippen molar-refractivity contribution in [2.24, 2.45) is 11.8 Å². The van der Waals surface area contributed by atoms with E-state index in [0.717, 1.165) is 32.1 Å². The standard InChI is InChI=1S/C21H30N2O4S/c1-2-6-15-13-21(25)23-19-14-16(9-10-18(15)19)22-20(24)11-12-28(26,27)17-7-4-3-5-8-17/h3-5,7-8,15-16,18-19H,2,6,9-14H2,1H3,(H,22,24)(H,23,25). The summed E-state index contributed by atoms with van der Waals surface area (Å²) in [7, 11) is -3.45. The lowest BCUT2D eigenvalue weighted by Crippen LogP contribution is -2.55. The van der Waals surface area contributed by atoms with Gasteiger partial charge in [-0.1, -0.05) is 31.5 Å². The molecule has 1 aromatic rings. The molecule has 1 saturated carbocycles. The fraction of sp³-hybridized carbons (Fsp3) is 0.619. The third-order valence-electron chi connectivity index (χ3n) is 6.03. The summed E-state index contributed by atoms with van der Waals surface area (Å²) in [5.74, 6) is 0.605. The molecular weight excluding hydrogens is 376 g/mol. The third kappa shape index (κ3) is 5.13. The molecule has 154 valence electrons. The SMILES string of the molecule is CCCC1CC(=O)NC2CC(NC(=O)CCS(=O)(=O)c3ccccc3)CCC12. The van der Waals surface area contributed by atoms with Gasteiger partial charge in [0.15, 0.2) is 9.84 Å². The number of hydrogen-bond donors (Lipinski definition) is 2. The molecule has 4 unspecified atom stereocenters. The predicted octanol–water partition coefficient (Wildman–Crippen LogP) is 2.44. The van der Waals surface area contributed by atoms with E-state index in [0.29, 0.717) is 18.3 Å². The van der Waals surface area contributed by atoms with Crippen molar-refractivity contribution in [3.8, 4) is 0 Å². The molecule has 1 aliphatic heterocycles. The van der Waals surface area contributed by atoms with E-state index >= 15 is 0 Å². The van der Waals surface area contributed by atoms with Gasteiger partial charge in [0, 0.05) is 24.9 Å². The summed E-state index contributed by atoms with van der Waals surface area (Å²) < 4.78 is 24.6. The monoisotopic (exact) mass is 406 g/mol. The van der Waals surface area contributed by atoms with Gasteiger partial charge in [0.25, 0.3) is 0 Å². The van der Waals surface area contributed by atoms with Crippen LogP contribution in [0.1, 0.15) is 51.9 Å². The van der Waals surface area contributed by atoms with Gasteiger partial charge < -0.3 is 10.6 Å². The van der Waals surface area contributed by atoms with Crippen LogP contribution in [0, 0.1) is 11.8 Å². The van der Waals surface area contributed by atoms with Crippen LogP contribution in [-0.4, -0.2) is 38.1 Å². The fourth-order valence-electron chi connectivity index (χ4n) is 4.67. The van der Waals surface area contributed by atoms with Gasteiger partial charge in [0.1, 0.15) is 0 Å². The van der Waals surface area contributed by atoms with Crippen LogP contribution in [0.25, 0.3) is 0 Å². The van der Waals surface area contributed by atoms with Crippen molar-refractivity contribution in [1.29, 1.82) is 0 Å². The minimum absolute atomic E-state index is 0.00569. The lowest BCUT2D eigenvalue weighted by atomic mass is 9.70. The molecule has 2 aliphatic rings. The second-order valence-corrected chi connectivity index (χ2v) is 10.2. The minimum Gasteiger partial charge on any atom is -0.353 e. The molecule has 3 rings (SSSR count). The molecule has 1 aliphatic carbocycles. The maximum absolute atomic E-state index is 12.3. The van der Waals surface area contributed by atoms with E-state index in [-0.39, 0.29) is 41.0 Å². The minimum atomic E-state index is -3.45. The highest BCUT2D eigenvalue weighted by atomic mass is 32.2. The summed E-state index contributed by atoms with van der Waals surface area (Å²) in [6, 6.07) is 8.32. The number of carbonyl (C=O) groups is 2. The van der Waals surface area contributed by atoms with Gasteiger partial charge in [-0.2, -0.15) is 0 Å². The second kappa shape index (κ2) is 9.07. The highest BCUT2D eigenvalue weighted by Crippen LogP contribution is 2.37. The Morgan fingerprint density at radius 1 is 1.21 bits per heavy atom. The van der Waals surface area contributed by atoms with Crippen LogP contribution < -0.4 is 10.6 Å². The molecule has 1 heterocycles. The molecule has 2 N–H and O–H groups in total. The molecule has 7 heteroatoms. The van der Waals surface area contributed by atoms with E-state index in [4.69, 9.17) is 0 Å². The highest BCUT2D eigenvalue weighted by Gasteiger charge is 2.40. The molecular formula is C21H30N2O4S. The molecule has 4 atom stereocenters. The van der Waals surface area contributed by atoms with Crippen molar-refractivity contribution in [3.63, 3.8) is 0 Å². The lowest BCUT2D eigenvalue weighted by molar-refractivity contribution is -0.127. The van der Waals surface area contributed by atoms with Gasteiger partial charge in [-0.05, 0) is 49.7 Å². The van der Waals surface area contributed by atoms with Crippen molar-refractivity contribution < 1.29 is 18.0 Å².